The maximum atomic E-state index is 5.60. The van der Waals surface area contributed by atoms with Gasteiger partial charge in [0.15, 0.2) is 5.82 Å². The third kappa shape index (κ3) is 2.57. The van der Waals surface area contributed by atoms with Crippen molar-refractivity contribution in [1.82, 2.24) is 15.0 Å². The normalized spacial score (nSPS) is 13.9. The molecule has 2 aromatic heterocycles. The predicted molar refractivity (Wildman–Crippen MR) is 85.1 cm³/mol. The Morgan fingerprint density at radius 2 is 1.95 bits per heavy atom. The Morgan fingerprint density at radius 3 is 2.70 bits per heavy atom. The third-order valence-electron chi connectivity index (χ3n) is 3.34. The van der Waals surface area contributed by atoms with Crippen LogP contribution >= 0.6 is 31.9 Å². The summed E-state index contributed by atoms with van der Waals surface area (Å²) >= 11 is 6.89. The summed E-state index contributed by atoms with van der Waals surface area (Å²) in [6.07, 6.45) is 5.99. The molecule has 104 valence electrons. The Hall–Kier alpha value is -1.05. The molecule has 0 atom stereocenters. The van der Waals surface area contributed by atoms with Crippen LogP contribution in [0.5, 0.6) is 0 Å². The van der Waals surface area contributed by atoms with Crippen molar-refractivity contribution in [3.63, 3.8) is 0 Å². The van der Waals surface area contributed by atoms with Crippen LogP contribution in [-0.4, -0.2) is 15.0 Å². The number of hydrazine groups is 1. The van der Waals surface area contributed by atoms with Gasteiger partial charge in [0.05, 0.1) is 0 Å². The molecule has 0 spiro atoms. The van der Waals surface area contributed by atoms with E-state index in [0.717, 1.165) is 51.6 Å². The lowest BCUT2D eigenvalue weighted by Gasteiger charge is -2.18. The summed E-state index contributed by atoms with van der Waals surface area (Å²) in [5.74, 6) is 6.91. The van der Waals surface area contributed by atoms with E-state index in [4.69, 9.17) is 5.84 Å². The molecule has 0 saturated heterocycles. The highest BCUT2D eigenvalue weighted by Crippen LogP contribution is 2.31. The van der Waals surface area contributed by atoms with Gasteiger partial charge >= 0.3 is 0 Å². The summed E-state index contributed by atoms with van der Waals surface area (Å²) in [6.45, 7) is 0. The monoisotopic (exact) mass is 397 g/mol. The Kier molecular flexibility index (Phi) is 4.00. The summed E-state index contributed by atoms with van der Waals surface area (Å²) in [6, 6.07) is 1.93. The molecule has 0 saturated carbocycles. The number of nitrogens with zero attached hydrogens (tertiary/aromatic N) is 3. The highest BCUT2D eigenvalue weighted by Gasteiger charge is 2.19. The molecule has 2 aromatic rings. The van der Waals surface area contributed by atoms with E-state index in [-0.39, 0.29) is 0 Å². The molecule has 0 radical (unpaired) electrons. The largest absolute Gasteiger partial charge is 0.308 e. The van der Waals surface area contributed by atoms with E-state index in [1.165, 1.54) is 0 Å². The van der Waals surface area contributed by atoms with E-state index < -0.39 is 0 Å². The van der Waals surface area contributed by atoms with Crippen LogP contribution in [0.1, 0.15) is 24.1 Å². The molecule has 0 amide bonds. The van der Waals surface area contributed by atoms with Crippen molar-refractivity contribution in [2.75, 3.05) is 5.43 Å². The molecular weight excluding hydrogens is 386 g/mol. The Morgan fingerprint density at radius 1 is 1.15 bits per heavy atom. The molecule has 5 nitrogen and oxygen atoms in total. The van der Waals surface area contributed by atoms with Gasteiger partial charge in [0.1, 0.15) is 11.5 Å². The van der Waals surface area contributed by atoms with Gasteiger partial charge in [-0.3, -0.25) is 4.98 Å². The van der Waals surface area contributed by atoms with Crippen LogP contribution < -0.4 is 11.3 Å². The first-order chi connectivity index (χ1) is 9.69. The lowest BCUT2D eigenvalue weighted by molar-refractivity contribution is 0.664. The average Bonchev–Trinajstić information content (AvgIpc) is 2.46. The fourth-order valence-electron chi connectivity index (χ4n) is 2.40. The van der Waals surface area contributed by atoms with E-state index >= 15 is 0 Å². The highest BCUT2D eigenvalue weighted by molar-refractivity contribution is 9.11. The molecule has 7 heteroatoms. The molecule has 1 aliphatic carbocycles. The van der Waals surface area contributed by atoms with Crippen LogP contribution in [0.3, 0.4) is 0 Å². The summed E-state index contributed by atoms with van der Waals surface area (Å²) in [5, 5.41) is 0. The van der Waals surface area contributed by atoms with Gasteiger partial charge in [-0.1, -0.05) is 0 Å². The predicted octanol–water partition coefficient (Wildman–Crippen LogP) is 3.23. The number of aromatic nitrogens is 3. The molecule has 0 unspecified atom stereocenters. The minimum atomic E-state index is 0.595. The quantitative estimate of drug-likeness (QED) is 0.599. The van der Waals surface area contributed by atoms with Gasteiger partial charge in [-0.15, -0.1) is 0 Å². The van der Waals surface area contributed by atoms with E-state index in [0.29, 0.717) is 11.6 Å². The maximum absolute atomic E-state index is 5.60. The van der Waals surface area contributed by atoms with Crippen molar-refractivity contribution < 1.29 is 0 Å². The number of pyridine rings is 1. The van der Waals surface area contributed by atoms with Gasteiger partial charge in [-0.05, 0) is 63.6 Å². The average molecular weight is 399 g/mol. The van der Waals surface area contributed by atoms with Crippen molar-refractivity contribution in [2.45, 2.75) is 25.7 Å². The topological polar surface area (TPSA) is 76.7 Å². The number of nitrogen functional groups attached to an aromatic ring is 1. The fourth-order valence-corrected chi connectivity index (χ4v) is 3.56. The van der Waals surface area contributed by atoms with Crippen LogP contribution in [0.25, 0.3) is 11.5 Å². The highest BCUT2D eigenvalue weighted by atomic mass is 79.9. The van der Waals surface area contributed by atoms with Gasteiger partial charge in [0.25, 0.3) is 0 Å². The van der Waals surface area contributed by atoms with Crippen LogP contribution in [0, 0.1) is 0 Å². The van der Waals surface area contributed by atoms with Crippen molar-refractivity contribution in [3.8, 4) is 11.5 Å². The smallest absolute Gasteiger partial charge is 0.181 e. The number of halogens is 2. The van der Waals surface area contributed by atoms with Crippen LogP contribution in [-0.2, 0) is 12.8 Å². The minimum Gasteiger partial charge on any atom is -0.308 e. The molecule has 0 bridgehead atoms. The van der Waals surface area contributed by atoms with Crippen LogP contribution in [0.15, 0.2) is 21.2 Å². The number of rotatable bonds is 2. The number of fused-ring (bicyclic) bond motifs is 1. The van der Waals surface area contributed by atoms with Crippen molar-refractivity contribution >= 4 is 37.7 Å². The zero-order valence-electron chi connectivity index (χ0n) is 10.7. The number of anilines is 1. The molecule has 3 N–H and O–H groups in total. The fraction of sp³-hybridized carbons (Fsp3) is 0.308. The van der Waals surface area contributed by atoms with Crippen LogP contribution in [0.4, 0.5) is 5.82 Å². The second-order valence-corrected chi connectivity index (χ2v) is 6.43. The lowest BCUT2D eigenvalue weighted by atomic mass is 9.96. The molecule has 0 aromatic carbocycles. The zero-order chi connectivity index (χ0) is 14.1. The summed E-state index contributed by atoms with van der Waals surface area (Å²) in [7, 11) is 0. The first-order valence-electron chi connectivity index (χ1n) is 6.37. The number of aryl methyl sites for hydroxylation is 1. The number of hydrogen-bond donors (Lipinski definition) is 2. The Balaban J connectivity index is 2.14. The van der Waals surface area contributed by atoms with Crippen molar-refractivity contribution in [1.29, 1.82) is 0 Å². The molecule has 3 rings (SSSR count). The van der Waals surface area contributed by atoms with Crippen LogP contribution in [0.2, 0.25) is 0 Å². The van der Waals surface area contributed by atoms with E-state index in [2.05, 4.69) is 52.2 Å². The first kappa shape index (κ1) is 13.9. The number of hydrogen-bond acceptors (Lipinski definition) is 5. The maximum Gasteiger partial charge on any atom is 0.181 e. The molecule has 2 heterocycles. The van der Waals surface area contributed by atoms with E-state index in [1.807, 2.05) is 6.07 Å². The standard InChI is InChI=1S/C13H13Br2N5/c14-7-5-9(15)11(17-6-7)13-18-10-4-2-1-3-8(10)12(19-13)20-16/h5-6H,1-4,16H2,(H,18,19,20). The van der Waals surface area contributed by atoms with Gasteiger partial charge in [0.2, 0.25) is 0 Å². The number of nitrogens with two attached hydrogens (primary N) is 1. The van der Waals surface area contributed by atoms with Crippen molar-refractivity contribution in [2.24, 2.45) is 5.84 Å². The molecule has 0 aliphatic heterocycles. The van der Waals surface area contributed by atoms with Gasteiger partial charge in [-0.25, -0.2) is 15.8 Å². The first-order valence-corrected chi connectivity index (χ1v) is 7.95. The second kappa shape index (κ2) is 5.75. The van der Waals surface area contributed by atoms with Gasteiger partial charge in [0, 0.05) is 26.4 Å². The van der Waals surface area contributed by atoms with E-state index in [1.54, 1.807) is 6.20 Å². The lowest BCUT2D eigenvalue weighted by Crippen LogP contribution is -2.17. The molecule has 1 aliphatic rings. The SMILES string of the molecule is NNc1nc(-c2ncc(Br)cc2Br)nc2c1CCCC2. The van der Waals surface area contributed by atoms with Crippen molar-refractivity contribution in [3.05, 3.63) is 32.5 Å². The van der Waals surface area contributed by atoms with Gasteiger partial charge in [-0.2, -0.15) is 0 Å². The summed E-state index contributed by atoms with van der Waals surface area (Å²) < 4.78 is 1.76. The third-order valence-corrected chi connectivity index (χ3v) is 4.38. The molecular formula is C13H13Br2N5. The molecule has 20 heavy (non-hydrogen) atoms. The zero-order valence-corrected chi connectivity index (χ0v) is 13.8. The summed E-state index contributed by atoms with van der Waals surface area (Å²) in [5.41, 5.74) is 5.62. The van der Waals surface area contributed by atoms with E-state index in [9.17, 15) is 0 Å². The molecule has 0 fully saturated rings. The summed E-state index contributed by atoms with van der Waals surface area (Å²) in [4.78, 5) is 13.6. The van der Waals surface area contributed by atoms with Gasteiger partial charge < -0.3 is 5.43 Å². The second-order valence-electron chi connectivity index (χ2n) is 4.66. The minimum absolute atomic E-state index is 0.595. The number of nitrogens with one attached hydrogen (secondary N) is 1. The Bertz CT molecular complexity index is 642. The Labute approximate surface area is 133 Å².